The van der Waals surface area contributed by atoms with Crippen LogP contribution < -0.4 is 5.73 Å². The van der Waals surface area contributed by atoms with Crippen LogP contribution in [0.5, 0.6) is 0 Å². The molecule has 1 aromatic carbocycles. The van der Waals surface area contributed by atoms with Gasteiger partial charge in [-0.1, -0.05) is 11.6 Å². The lowest BCUT2D eigenvalue weighted by atomic mass is 10.0. The summed E-state index contributed by atoms with van der Waals surface area (Å²) in [5, 5.41) is 0.418. The van der Waals surface area contributed by atoms with Gasteiger partial charge in [-0.3, -0.25) is 9.78 Å². The van der Waals surface area contributed by atoms with E-state index in [1.54, 1.807) is 12.3 Å². The van der Waals surface area contributed by atoms with Crippen LogP contribution in [0.3, 0.4) is 0 Å². The van der Waals surface area contributed by atoms with Gasteiger partial charge < -0.3 is 5.73 Å². The van der Waals surface area contributed by atoms with E-state index < -0.39 is 5.82 Å². The summed E-state index contributed by atoms with van der Waals surface area (Å²) in [6, 6.07) is 5.66. The van der Waals surface area contributed by atoms with E-state index >= 15 is 0 Å². The molecule has 2 aromatic rings. The van der Waals surface area contributed by atoms with Gasteiger partial charge in [-0.25, -0.2) is 4.39 Å². The molecule has 0 spiro atoms. The Kier molecular flexibility index (Phi) is 3.58. The van der Waals surface area contributed by atoms with Crippen molar-refractivity contribution >= 4 is 23.1 Å². The standard InChI is InChI=1S/C13H10ClFN2O/c14-10-7-17-4-3-8(10)6-13(18)9-1-2-12(16)11(15)5-9/h1-5,7H,6,16H2. The van der Waals surface area contributed by atoms with Crippen LogP contribution in [0.1, 0.15) is 15.9 Å². The summed E-state index contributed by atoms with van der Waals surface area (Å²) in [6.07, 6.45) is 3.12. The molecular formula is C13H10ClFN2O. The summed E-state index contributed by atoms with van der Waals surface area (Å²) < 4.78 is 13.2. The summed E-state index contributed by atoms with van der Waals surface area (Å²) in [5.74, 6) is -0.816. The highest BCUT2D eigenvalue weighted by Crippen LogP contribution is 2.18. The average Bonchev–Trinajstić information content (AvgIpc) is 2.35. The van der Waals surface area contributed by atoms with E-state index in [1.807, 2.05) is 0 Å². The van der Waals surface area contributed by atoms with Gasteiger partial charge in [0.05, 0.1) is 10.7 Å². The highest BCUT2D eigenvalue weighted by atomic mass is 35.5. The number of aromatic nitrogens is 1. The fraction of sp³-hybridized carbons (Fsp3) is 0.0769. The Bertz CT molecular complexity index is 601. The molecule has 0 saturated heterocycles. The van der Waals surface area contributed by atoms with Crippen molar-refractivity contribution in [2.24, 2.45) is 0 Å². The van der Waals surface area contributed by atoms with E-state index in [9.17, 15) is 9.18 Å². The number of carbonyl (C=O) groups is 1. The molecule has 5 heteroatoms. The molecule has 2 rings (SSSR count). The number of nitrogens with zero attached hydrogens (tertiary/aromatic N) is 1. The van der Waals surface area contributed by atoms with Gasteiger partial charge in [0.1, 0.15) is 5.82 Å². The zero-order valence-corrected chi connectivity index (χ0v) is 10.1. The smallest absolute Gasteiger partial charge is 0.167 e. The Morgan fingerprint density at radius 1 is 1.39 bits per heavy atom. The minimum Gasteiger partial charge on any atom is -0.396 e. The molecular weight excluding hydrogens is 255 g/mol. The molecule has 1 aromatic heterocycles. The molecule has 0 amide bonds. The Morgan fingerprint density at radius 3 is 2.83 bits per heavy atom. The van der Waals surface area contributed by atoms with Gasteiger partial charge in [0.25, 0.3) is 0 Å². The maximum atomic E-state index is 13.2. The van der Waals surface area contributed by atoms with Crippen LogP contribution in [0.25, 0.3) is 0 Å². The van der Waals surface area contributed by atoms with Crippen molar-refractivity contribution < 1.29 is 9.18 Å². The maximum Gasteiger partial charge on any atom is 0.167 e. The monoisotopic (exact) mass is 264 g/mol. The van der Waals surface area contributed by atoms with E-state index in [1.165, 1.54) is 18.3 Å². The number of nitrogen functional groups attached to an aromatic ring is 1. The molecule has 0 fully saturated rings. The first-order valence-corrected chi connectivity index (χ1v) is 5.62. The molecule has 18 heavy (non-hydrogen) atoms. The third kappa shape index (κ3) is 2.65. The summed E-state index contributed by atoms with van der Waals surface area (Å²) >= 11 is 5.90. The van der Waals surface area contributed by atoms with Gasteiger partial charge in [0.2, 0.25) is 0 Å². The summed E-state index contributed by atoms with van der Waals surface area (Å²) in [4.78, 5) is 15.8. The molecule has 0 aliphatic carbocycles. The van der Waals surface area contributed by atoms with Crippen LogP contribution in [-0.2, 0) is 6.42 Å². The van der Waals surface area contributed by atoms with Crippen LogP contribution in [0.2, 0.25) is 5.02 Å². The molecule has 1 heterocycles. The van der Waals surface area contributed by atoms with Crippen molar-refractivity contribution in [3.8, 4) is 0 Å². The fourth-order valence-electron chi connectivity index (χ4n) is 1.52. The van der Waals surface area contributed by atoms with Gasteiger partial charge in [0, 0.05) is 24.4 Å². The van der Waals surface area contributed by atoms with E-state index in [0.29, 0.717) is 10.6 Å². The number of carbonyl (C=O) groups excluding carboxylic acids is 1. The Hall–Kier alpha value is -1.94. The van der Waals surface area contributed by atoms with Crippen LogP contribution in [-0.4, -0.2) is 10.8 Å². The quantitative estimate of drug-likeness (QED) is 0.685. The van der Waals surface area contributed by atoms with E-state index in [0.717, 1.165) is 6.07 Å². The second-order valence-corrected chi connectivity index (χ2v) is 4.21. The van der Waals surface area contributed by atoms with Crippen LogP contribution in [0.4, 0.5) is 10.1 Å². The van der Waals surface area contributed by atoms with E-state index in [2.05, 4.69) is 4.98 Å². The number of nitrogens with two attached hydrogens (primary N) is 1. The van der Waals surface area contributed by atoms with Gasteiger partial charge in [-0.05, 0) is 29.8 Å². The number of anilines is 1. The van der Waals surface area contributed by atoms with Crippen molar-refractivity contribution in [3.63, 3.8) is 0 Å². The average molecular weight is 265 g/mol. The molecule has 0 unspecified atom stereocenters. The lowest BCUT2D eigenvalue weighted by Crippen LogP contribution is -2.05. The van der Waals surface area contributed by atoms with Gasteiger partial charge >= 0.3 is 0 Å². The molecule has 0 saturated carbocycles. The van der Waals surface area contributed by atoms with Crippen LogP contribution >= 0.6 is 11.6 Å². The topological polar surface area (TPSA) is 56.0 Å². The number of benzene rings is 1. The number of halogens is 2. The first-order valence-electron chi connectivity index (χ1n) is 5.24. The number of hydrogen-bond acceptors (Lipinski definition) is 3. The molecule has 0 atom stereocenters. The minimum absolute atomic E-state index is 0.0218. The van der Waals surface area contributed by atoms with E-state index in [-0.39, 0.29) is 23.5 Å². The summed E-state index contributed by atoms with van der Waals surface area (Å²) in [7, 11) is 0. The third-order valence-corrected chi connectivity index (χ3v) is 2.87. The summed E-state index contributed by atoms with van der Waals surface area (Å²) in [6.45, 7) is 0. The van der Waals surface area contributed by atoms with Crippen molar-refractivity contribution in [3.05, 3.63) is 58.6 Å². The third-order valence-electron chi connectivity index (χ3n) is 2.53. The van der Waals surface area contributed by atoms with Crippen molar-refractivity contribution in [1.29, 1.82) is 0 Å². The first-order chi connectivity index (χ1) is 8.58. The fourth-order valence-corrected chi connectivity index (χ4v) is 1.71. The first kappa shape index (κ1) is 12.5. The molecule has 3 nitrogen and oxygen atoms in total. The molecule has 0 radical (unpaired) electrons. The second kappa shape index (κ2) is 5.14. The van der Waals surface area contributed by atoms with E-state index in [4.69, 9.17) is 17.3 Å². The van der Waals surface area contributed by atoms with Crippen LogP contribution in [0.15, 0.2) is 36.7 Å². The van der Waals surface area contributed by atoms with Gasteiger partial charge in [-0.2, -0.15) is 0 Å². The molecule has 2 N–H and O–H groups in total. The normalized spacial score (nSPS) is 10.3. The van der Waals surface area contributed by atoms with Gasteiger partial charge in [-0.15, -0.1) is 0 Å². The molecule has 0 aliphatic heterocycles. The zero-order valence-electron chi connectivity index (χ0n) is 9.36. The Balaban J connectivity index is 2.22. The lowest BCUT2D eigenvalue weighted by molar-refractivity contribution is 0.0992. The number of Topliss-reactive ketones (excluding diaryl/α,β-unsaturated/α-hetero) is 1. The predicted molar refractivity (Wildman–Crippen MR) is 68.1 cm³/mol. The van der Waals surface area contributed by atoms with Crippen LogP contribution in [0, 0.1) is 5.82 Å². The summed E-state index contributed by atoms with van der Waals surface area (Å²) in [5.41, 5.74) is 6.31. The highest BCUT2D eigenvalue weighted by molar-refractivity contribution is 6.31. The largest absolute Gasteiger partial charge is 0.396 e. The molecule has 0 aliphatic rings. The predicted octanol–water partition coefficient (Wildman–Crippen LogP) is 2.88. The SMILES string of the molecule is Nc1ccc(C(=O)Cc2ccncc2Cl)cc1F. The maximum absolute atomic E-state index is 13.2. The number of hydrogen-bond donors (Lipinski definition) is 1. The van der Waals surface area contributed by atoms with Crippen molar-refractivity contribution in [2.45, 2.75) is 6.42 Å². The second-order valence-electron chi connectivity index (χ2n) is 3.80. The number of ketones is 1. The minimum atomic E-state index is -0.596. The Morgan fingerprint density at radius 2 is 2.17 bits per heavy atom. The molecule has 92 valence electrons. The number of rotatable bonds is 3. The molecule has 0 bridgehead atoms. The zero-order chi connectivity index (χ0) is 13.1. The van der Waals surface area contributed by atoms with Crippen molar-refractivity contribution in [1.82, 2.24) is 4.98 Å². The number of pyridine rings is 1. The lowest BCUT2D eigenvalue weighted by Gasteiger charge is -2.04. The van der Waals surface area contributed by atoms with Gasteiger partial charge in [0.15, 0.2) is 5.78 Å². The highest BCUT2D eigenvalue weighted by Gasteiger charge is 2.11. The van der Waals surface area contributed by atoms with Crippen molar-refractivity contribution in [2.75, 3.05) is 5.73 Å². The Labute approximate surface area is 108 Å².